The monoisotopic (exact) mass is 361 g/mol. The fraction of sp³-hybridized carbons (Fsp3) is 0.429. The number of nitrogens with zero attached hydrogens (tertiary/aromatic N) is 1. The van der Waals surface area contributed by atoms with E-state index in [1.54, 1.807) is 0 Å². The lowest BCUT2D eigenvalue weighted by Crippen LogP contribution is -2.40. The highest BCUT2D eigenvalue weighted by Gasteiger charge is 2.18. The Balaban J connectivity index is 0.00000225. The van der Waals surface area contributed by atoms with Crippen LogP contribution in [0.25, 0.3) is 11.1 Å². The van der Waals surface area contributed by atoms with Crippen molar-refractivity contribution in [3.05, 3.63) is 54.6 Å². The molecule has 0 saturated carbocycles. The summed E-state index contributed by atoms with van der Waals surface area (Å²) in [6.07, 6.45) is 2.00. The first-order valence-electron chi connectivity index (χ1n) is 8.90. The number of aliphatic hydroxyl groups is 1. The Bertz CT molecular complexity index is 627. The van der Waals surface area contributed by atoms with Crippen molar-refractivity contribution in [2.75, 3.05) is 26.2 Å². The van der Waals surface area contributed by atoms with E-state index < -0.39 is 6.10 Å². The van der Waals surface area contributed by atoms with Crippen molar-refractivity contribution >= 4 is 12.4 Å². The number of hydrogen-bond donors (Lipinski definition) is 1. The van der Waals surface area contributed by atoms with Crippen molar-refractivity contribution in [3.63, 3.8) is 0 Å². The number of hydrogen-bond acceptors (Lipinski definition) is 3. The molecule has 3 rings (SSSR count). The molecule has 0 aliphatic carbocycles. The Kier molecular flexibility index (Phi) is 7.76. The Morgan fingerprint density at radius 3 is 2.40 bits per heavy atom. The SMILES string of the molecule is CC1CCN(CC(O)COc2ccccc2-c2ccccc2)CC1.Cl. The molecule has 2 aromatic carbocycles. The number of rotatable bonds is 6. The van der Waals surface area contributed by atoms with Gasteiger partial charge in [0.1, 0.15) is 18.5 Å². The van der Waals surface area contributed by atoms with Crippen LogP contribution < -0.4 is 4.74 Å². The van der Waals surface area contributed by atoms with E-state index in [2.05, 4.69) is 30.0 Å². The van der Waals surface area contributed by atoms with Crippen LogP contribution in [0.15, 0.2) is 54.6 Å². The molecule has 4 heteroatoms. The zero-order valence-corrected chi connectivity index (χ0v) is 15.6. The van der Waals surface area contributed by atoms with Crippen molar-refractivity contribution in [1.82, 2.24) is 4.90 Å². The van der Waals surface area contributed by atoms with Crippen LogP contribution in [0.4, 0.5) is 0 Å². The maximum Gasteiger partial charge on any atom is 0.127 e. The molecule has 0 aromatic heterocycles. The minimum Gasteiger partial charge on any atom is -0.490 e. The summed E-state index contributed by atoms with van der Waals surface area (Å²) in [6, 6.07) is 18.2. The van der Waals surface area contributed by atoms with Gasteiger partial charge < -0.3 is 14.7 Å². The molecule has 1 atom stereocenters. The van der Waals surface area contributed by atoms with Gasteiger partial charge in [-0.15, -0.1) is 12.4 Å². The van der Waals surface area contributed by atoms with Gasteiger partial charge in [0.15, 0.2) is 0 Å². The zero-order chi connectivity index (χ0) is 16.8. The van der Waals surface area contributed by atoms with Gasteiger partial charge in [0.2, 0.25) is 0 Å². The van der Waals surface area contributed by atoms with Gasteiger partial charge in [-0.1, -0.05) is 55.5 Å². The van der Waals surface area contributed by atoms with Gasteiger partial charge >= 0.3 is 0 Å². The first-order valence-corrected chi connectivity index (χ1v) is 8.90. The quantitative estimate of drug-likeness (QED) is 0.835. The van der Waals surface area contributed by atoms with E-state index in [9.17, 15) is 5.11 Å². The summed E-state index contributed by atoms with van der Waals surface area (Å²) >= 11 is 0. The van der Waals surface area contributed by atoms with Crippen LogP contribution >= 0.6 is 12.4 Å². The summed E-state index contributed by atoms with van der Waals surface area (Å²) in [7, 11) is 0. The highest BCUT2D eigenvalue weighted by Crippen LogP contribution is 2.29. The summed E-state index contributed by atoms with van der Waals surface area (Å²) in [4.78, 5) is 2.34. The number of ether oxygens (including phenoxy) is 1. The van der Waals surface area contributed by atoms with Gasteiger partial charge in [-0.3, -0.25) is 0 Å². The summed E-state index contributed by atoms with van der Waals surface area (Å²) < 4.78 is 5.94. The minimum absolute atomic E-state index is 0. The van der Waals surface area contributed by atoms with Crippen molar-refractivity contribution < 1.29 is 9.84 Å². The average molecular weight is 362 g/mol. The Morgan fingerprint density at radius 2 is 1.68 bits per heavy atom. The van der Waals surface area contributed by atoms with Crippen molar-refractivity contribution in [2.24, 2.45) is 5.92 Å². The topological polar surface area (TPSA) is 32.7 Å². The lowest BCUT2D eigenvalue weighted by molar-refractivity contribution is 0.0565. The van der Waals surface area contributed by atoms with E-state index in [-0.39, 0.29) is 12.4 Å². The van der Waals surface area contributed by atoms with Crippen molar-refractivity contribution in [1.29, 1.82) is 0 Å². The number of halogens is 1. The van der Waals surface area contributed by atoms with Gasteiger partial charge in [-0.05, 0) is 43.5 Å². The number of benzene rings is 2. The van der Waals surface area contributed by atoms with E-state index in [0.717, 1.165) is 35.9 Å². The number of aliphatic hydroxyl groups excluding tert-OH is 1. The van der Waals surface area contributed by atoms with Crippen LogP contribution in [0.5, 0.6) is 5.75 Å². The van der Waals surface area contributed by atoms with Crippen LogP contribution in [0.3, 0.4) is 0 Å². The maximum absolute atomic E-state index is 10.3. The summed E-state index contributed by atoms with van der Waals surface area (Å²) in [5, 5.41) is 10.3. The summed E-state index contributed by atoms with van der Waals surface area (Å²) in [5.74, 6) is 1.64. The minimum atomic E-state index is -0.456. The van der Waals surface area contributed by atoms with Gasteiger partial charge in [-0.2, -0.15) is 0 Å². The van der Waals surface area contributed by atoms with Gasteiger partial charge in [0.25, 0.3) is 0 Å². The van der Waals surface area contributed by atoms with E-state index in [1.807, 2.05) is 36.4 Å². The van der Waals surface area contributed by atoms with Crippen LogP contribution in [0.1, 0.15) is 19.8 Å². The third-order valence-electron chi connectivity index (χ3n) is 4.75. The standard InChI is InChI=1S/C21H27NO2.ClH/c1-17-11-13-22(14-12-17)15-19(23)16-24-21-10-6-5-9-20(21)18-7-3-2-4-8-18;/h2-10,17,19,23H,11-16H2,1H3;1H. The molecule has 1 unspecified atom stereocenters. The molecule has 1 aliphatic rings. The Labute approximate surface area is 157 Å². The predicted molar refractivity (Wildman–Crippen MR) is 105 cm³/mol. The largest absolute Gasteiger partial charge is 0.490 e. The molecule has 0 bridgehead atoms. The number of β-amino-alcohol motifs (C(OH)–C–C–N with tert-alkyl or cyclic N) is 1. The van der Waals surface area contributed by atoms with Crippen molar-refractivity contribution in [3.8, 4) is 16.9 Å². The van der Waals surface area contributed by atoms with E-state index >= 15 is 0 Å². The molecule has 1 heterocycles. The average Bonchev–Trinajstić information content (AvgIpc) is 2.63. The summed E-state index contributed by atoms with van der Waals surface area (Å²) in [5.41, 5.74) is 2.20. The molecule has 25 heavy (non-hydrogen) atoms. The lowest BCUT2D eigenvalue weighted by Gasteiger charge is -2.31. The molecule has 2 aromatic rings. The molecule has 3 nitrogen and oxygen atoms in total. The highest BCUT2D eigenvalue weighted by molar-refractivity contribution is 5.85. The smallest absolute Gasteiger partial charge is 0.127 e. The zero-order valence-electron chi connectivity index (χ0n) is 14.8. The van der Waals surface area contributed by atoms with Gasteiger partial charge in [0, 0.05) is 12.1 Å². The van der Waals surface area contributed by atoms with Crippen molar-refractivity contribution in [2.45, 2.75) is 25.9 Å². The molecule has 1 fully saturated rings. The van der Waals surface area contributed by atoms with Crippen LogP contribution in [-0.4, -0.2) is 42.4 Å². The number of piperidine rings is 1. The van der Waals surface area contributed by atoms with E-state index in [0.29, 0.717) is 13.2 Å². The van der Waals surface area contributed by atoms with Crippen LogP contribution in [-0.2, 0) is 0 Å². The van der Waals surface area contributed by atoms with Gasteiger partial charge in [0.05, 0.1) is 0 Å². The van der Waals surface area contributed by atoms with Crippen LogP contribution in [0.2, 0.25) is 0 Å². The molecule has 1 aliphatic heterocycles. The molecule has 1 saturated heterocycles. The summed E-state index contributed by atoms with van der Waals surface area (Å²) in [6.45, 7) is 5.49. The lowest BCUT2D eigenvalue weighted by atomic mass is 9.99. The second kappa shape index (κ2) is 9.81. The second-order valence-electron chi connectivity index (χ2n) is 6.81. The molecule has 0 radical (unpaired) electrons. The third-order valence-corrected chi connectivity index (χ3v) is 4.75. The molecule has 136 valence electrons. The second-order valence-corrected chi connectivity index (χ2v) is 6.81. The fourth-order valence-electron chi connectivity index (χ4n) is 3.23. The highest BCUT2D eigenvalue weighted by atomic mass is 35.5. The van der Waals surface area contributed by atoms with Gasteiger partial charge in [-0.25, -0.2) is 0 Å². The third kappa shape index (κ3) is 5.74. The molecule has 0 amide bonds. The fourth-order valence-corrected chi connectivity index (χ4v) is 3.23. The Morgan fingerprint density at radius 1 is 1.04 bits per heavy atom. The normalized spacial score (nSPS) is 16.9. The Hall–Kier alpha value is -1.55. The molecule has 0 spiro atoms. The first-order chi connectivity index (χ1) is 11.7. The molecular formula is C21H28ClNO2. The first kappa shape index (κ1) is 19.8. The van der Waals surface area contributed by atoms with Crippen LogP contribution in [0, 0.1) is 5.92 Å². The predicted octanol–water partition coefficient (Wildman–Crippen LogP) is 4.25. The van der Waals surface area contributed by atoms with E-state index in [1.165, 1.54) is 12.8 Å². The maximum atomic E-state index is 10.3. The van der Waals surface area contributed by atoms with E-state index in [4.69, 9.17) is 4.74 Å². The number of likely N-dealkylation sites (tertiary alicyclic amines) is 1. The number of para-hydroxylation sites is 1. The molecular weight excluding hydrogens is 334 g/mol. The molecule has 1 N–H and O–H groups in total.